The van der Waals surface area contributed by atoms with Crippen molar-refractivity contribution >= 4 is 23.6 Å². The minimum Gasteiger partial charge on any atom is -0.375 e. The summed E-state index contributed by atoms with van der Waals surface area (Å²) in [6, 6.07) is 4.99. The SMILES string of the molecule is O=C1CCC(N2C(=O)c3ccc(CNC4CC5NCCOC5C4)cc3C2=O)C(=O)N1. The Balaban J connectivity index is 1.27. The van der Waals surface area contributed by atoms with E-state index in [1.165, 1.54) is 0 Å². The molecule has 1 saturated carbocycles. The molecule has 1 aromatic rings. The summed E-state index contributed by atoms with van der Waals surface area (Å²) in [5, 5.41) is 9.23. The number of piperidine rings is 1. The van der Waals surface area contributed by atoms with Crippen molar-refractivity contribution in [1.82, 2.24) is 20.9 Å². The van der Waals surface area contributed by atoms with E-state index >= 15 is 0 Å². The summed E-state index contributed by atoms with van der Waals surface area (Å²) in [6.07, 6.45) is 2.46. The van der Waals surface area contributed by atoms with Crippen LogP contribution in [0.25, 0.3) is 0 Å². The van der Waals surface area contributed by atoms with Gasteiger partial charge in [-0.1, -0.05) is 6.07 Å². The van der Waals surface area contributed by atoms with E-state index in [2.05, 4.69) is 16.0 Å². The summed E-state index contributed by atoms with van der Waals surface area (Å²) in [5.41, 5.74) is 1.52. The summed E-state index contributed by atoms with van der Waals surface area (Å²) in [5.74, 6) is -1.93. The standard InChI is InChI=1S/C21H24N4O5/c26-18-4-3-16(19(27)24-18)25-20(28)13-2-1-11(7-14(13)21(25)29)10-23-12-8-15-17(9-12)30-6-5-22-15/h1-2,7,12,15-17,22-23H,3-6,8-10H2,(H,24,26,27). The van der Waals surface area contributed by atoms with Crippen LogP contribution in [0.1, 0.15) is 52.0 Å². The largest absolute Gasteiger partial charge is 0.375 e. The van der Waals surface area contributed by atoms with Crippen molar-refractivity contribution < 1.29 is 23.9 Å². The van der Waals surface area contributed by atoms with Crippen LogP contribution in [0.3, 0.4) is 0 Å². The third-order valence-corrected chi connectivity index (χ3v) is 6.44. The van der Waals surface area contributed by atoms with Gasteiger partial charge in [0.15, 0.2) is 0 Å². The highest BCUT2D eigenvalue weighted by molar-refractivity contribution is 6.23. The molecule has 0 bridgehead atoms. The molecule has 3 heterocycles. The number of hydrogen-bond acceptors (Lipinski definition) is 7. The van der Waals surface area contributed by atoms with Gasteiger partial charge in [-0.2, -0.15) is 0 Å². The summed E-state index contributed by atoms with van der Waals surface area (Å²) < 4.78 is 5.81. The lowest BCUT2D eigenvalue weighted by Crippen LogP contribution is -2.54. The lowest BCUT2D eigenvalue weighted by atomic mass is 10.0. The molecular weight excluding hydrogens is 388 g/mol. The number of nitrogens with one attached hydrogen (secondary N) is 3. The van der Waals surface area contributed by atoms with Crippen molar-refractivity contribution in [2.45, 2.75) is 56.5 Å². The molecule has 9 heteroatoms. The van der Waals surface area contributed by atoms with Crippen LogP contribution in [0.4, 0.5) is 0 Å². The topological polar surface area (TPSA) is 117 Å². The fourth-order valence-corrected chi connectivity index (χ4v) is 4.91. The molecule has 4 atom stereocenters. The zero-order valence-corrected chi connectivity index (χ0v) is 16.5. The fraction of sp³-hybridized carbons (Fsp3) is 0.524. The number of nitrogens with zero attached hydrogens (tertiary/aromatic N) is 1. The van der Waals surface area contributed by atoms with Gasteiger partial charge in [-0.15, -0.1) is 0 Å². The van der Waals surface area contributed by atoms with Gasteiger partial charge >= 0.3 is 0 Å². The van der Waals surface area contributed by atoms with Gasteiger partial charge in [-0.25, -0.2) is 0 Å². The Bertz CT molecular complexity index is 918. The van der Waals surface area contributed by atoms with E-state index in [1.807, 2.05) is 6.07 Å². The molecule has 3 fully saturated rings. The fourth-order valence-electron chi connectivity index (χ4n) is 4.91. The molecule has 9 nitrogen and oxygen atoms in total. The highest BCUT2D eigenvalue weighted by atomic mass is 16.5. The first-order valence-corrected chi connectivity index (χ1v) is 10.4. The summed E-state index contributed by atoms with van der Waals surface area (Å²) in [7, 11) is 0. The maximum atomic E-state index is 12.9. The van der Waals surface area contributed by atoms with Crippen molar-refractivity contribution in [2.75, 3.05) is 13.2 Å². The molecule has 1 aliphatic carbocycles. The average Bonchev–Trinajstić information content (AvgIpc) is 3.26. The number of morpholine rings is 1. The number of amides is 4. The number of rotatable bonds is 4. The molecule has 1 aromatic carbocycles. The van der Waals surface area contributed by atoms with Gasteiger partial charge in [-0.05, 0) is 37.0 Å². The molecule has 158 valence electrons. The smallest absolute Gasteiger partial charge is 0.262 e. The van der Waals surface area contributed by atoms with Crippen molar-refractivity contribution in [3.05, 3.63) is 34.9 Å². The predicted octanol–water partition coefficient (Wildman–Crippen LogP) is -0.303. The average molecular weight is 412 g/mol. The van der Waals surface area contributed by atoms with E-state index in [0.717, 1.165) is 36.5 Å². The molecular formula is C21H24N4O5. The monoisotopic (exact) mass is 412 g/mol. The predicted molar refractivity (Wildman–Crippen MR) is 105 cm³/mol. The van der Waals surface area contributed by atoms with E-state index < -0.39 is 23.8 Å². The summed E-state index contributed by atoms with van der Waals surface area (Å²) >= 11 is 0. The van der Waals surface area contributed by atoms with Crippen LogP contribution in [0.5, 0.6) is 0 Å². The van der Waals surface area contributed by atoms with E-state index in [1.54, 1.807) is 12.1 Å². The van der Waals surface area contributed by atoms with Crippen LogP contribution >= 0.6 is 0 Å². The first kappa shape index (κ1) is 19.3. The van der Waals surface area contributed by atoms with Crippen LogP contribution in [0.2, 0.25) is 0 Å². The Morgan fingerprint density at radius 2 is 1.93 bits per heavy atom. The minimum absolute atomic E-state index is 0.112. The van der Waals surface area contributed by atoms with Crippen molar-refractivity contribution in [1.29, 1.82) is 0 Å². The number of ether oxygens (including phenoxy) is 1. The second-order valence-corrected chi connectivity index (χ2v) is 8.35. The van der Waals surface area contributed by atoms with Gasteiger partial charge in [0.2, 0.25) is 11.8 Å². The van der Waals surface area contributed by atoms with Gasteiger partial charge in [0.05, 0.1) is 23.8 Å². The number of fused-ring (bicyclic) bond motifs is 2. The number of imide groups is 2. The highest BCUT2D eigenvalue weighted by Crippen LogP contribution is 2.29. The number of carbonyl (C=O) groups is 4. The van der Waals surface area contributed by atoms with Crippen LogP contribution in [-0.4, -0.2) is 65.9 Å². The minimum atomic E-state index is -0.939. The lowest BCUT2D eigenvalue weighted by Gasteiger charge is -2.27. The van der Waals surface area contributed by atoms with Crippen molar-refractivity contribution in [3.8, 4) is 0 Å². The van der Waals surface area contributed by atoms with Gasteiger partial charge in [0.1, 0.15) is 6.04 Å². The molecule has 4 unspecified atom stereocenters. The quantitative estimate of drug-likeness (QED) is 0.581. The van der Waals surface area contributed by atoms with E-state index in [0.29, 0.717) is 29.8 Å². The Morgan fingerprint density at radius 1 is 1.10 bits per heavy atom. The van der Waals surface area contributed by atoms with Crippen LogP contribution in [0, 0.1) is 0 Å². The number of benzene rings is 1. The maximum absolute atomic E-state index is 12.9. The Labute approximate surface area is 173 Å². The summed E-state index contributed by atoms with van der Waals surface area (Å²) in [4.78, 5) is 50.2. The molecule has 4 amide bonds. The van der Waals surface area contributed by atoms with Gasteiger partial charge in [-0.3, -0.25) is 29.4 Å². The molecule has 3 N–H and O–H groups in total. The van der Waals surface area contributed by atoms with E-state index in [4.69, 9.17) is 4.74 Å². The van der Waals surface area contributed by atoms with Crippen LogP contribution in [0.15, 0.2) is 18.2 Å². The molecule has 0 radical (unpaired) electrons. The molecule has 30 heavy (non-hydrogen) atoms. The van der Waals surface area contributed by atoms with Gasteiger partial charge in [0, 0.05) is 31.6 Å². The third kappa shape index (κ3) is 3.32. The number of carbonyl (C=O) groups excluding carboxylic acids is 4. The van der Waals surface area contributed by atoms with E-state index in [-0.39, 0.29) is 24.9 Å². The molecule has 5 rings (SSSR count). The second-order valence-electron chi connectivity index (χ2n) is 8.35. The van der Waals surface area contributed by atoms with Gasteiger partial charge < -0.3 is 15.4 Å². The molecule has 4 aliphatic rings. The zero-order chi connectivity index (χ0) is 20.8. The first-order valence-electron chi connectivity index (χ1n) is 10.4. The summed E-state index contributed by atoms with van der Waals surface area (Å²) in [6.45, 7) is 2.22. The van der Waals surface area contributed by atoms with Crippen LogP contribution < -0.4 is 16.0 Å². The molecule has 0 aromatic heterocycles. The van der Waals surface area contributed by atoms with Crippen LogP contribution in [-0.2, 0) is 20.9 Å². The van der Waals surface area contributed by atoms with E-state index in [9.17, 15) is 19.2 Å². The third-order valence-electron chi connectivity index (χ3n) is 6.44. The Hall–Kier alpha value is -2.62. The maximum Gasteiger partial charge on any atom is 0.262 e. The lowest BCUT2D eigenvalue weighted by molar-refractivity contribution is -0.136. The normalized spacial score (nSPS) is 31.0. The molecule has 2 saturated heterocycles. The van der Waals surface area contributed by atoms with Gasteiger partial charge in [0.25, 0.3) is 11.8 Å². The zero-order valence-electron chi connectivity index (χ0n) is 16.5. The van der Waals surface area contributed by atoms with Crippen molar-refractivity contribution in [2.24, 2.45) is 0 Å². The highest BCUT2D eigenvalue weighted by Gasteiger charge is 2.44. The first-order chi connectivity index (χ1) is 14.5. The Morgan fingerprint density at radius 3 is 2.73 bits per heavy atom. The number of hydrogen-bond donors (Lipinski definition) is 3. The Kier molecular flexibility index (Phi) is 4.88. The van der Waals surface area contributed by atoms with Crippen molar-refractivity contribution in [3.63, 3.8) is 0 Å². The molecule has 0 spiro atoms. The second kappa shape index (κ2) is 7.57. The molecule has 3 aliphatic heterocycles.